The van der Waals surface area contributed by atoms with Gasteiger partial charge in [0.15, 0.2) is 5.76 Å². The molecule has 0 saturated heterocycles. The van der Waals surface area contributed by atoms with Crippen LogP contribution >= 0.6 is 0 Å². The number of likely N-dealkylation sites (N-methyl/N-ethyl adjacent to an activating group) is 1. The Labute approximate surface area is 157 Å². The summed E-state index contributed by atoms with van der Waals surface area (Å²) >= 11 is 0. The summed E-state index contributed by atoms with van der Waals surface area (Å²) in [6.45, 7) is 0.447. The summed E-state index contributed by atoms with van der Waals surface area (Å²) in [4.78, 5) is 12.4. The Kier molecular flexibility index (Phi) is 6.00. The average Bonchev–Trinajstić information content (AvgIpc) is 3.17. The SMILES string of the molecule is CN(CC(O)CO)c1ccnc(N(C)Cc2cc(-c3ccccc3)no2)n1. The molecule has 0 fully saturated rings. The molecule has 27 heavy (non-hydrogen) atoms. The minimum Gasteiger partial charge on any atom is -0.394 e. The molecule has 2 aromatic heterocycles. The third-order valence-electron chi connectivity index (χ3n) is 4.08. The summed E-state index contributed by atoms with van der Waals surface area (Å²) < 4.78 is 5.44. The second-order valence-electron chi connectivity index (χ2n) is 6.33. The standard InChI is InChI=1S/C19H23N5O3/c1-23(11-15(26)13-25)18-8-9-20-19(21-18)24(2)12-16-10-17(22-27-16)14-6-4-3-5-7-14/h3-10,15,25-26H,11-13H2,1-2H3. The van der Waals surface area contributed by atoms with Crippen molar-refractivity contribution in [1.29, 1.82) is 0 Å². The van der Waals surface area contributed by atoms with Crippen LogP contribution in [0.15, 0.2) is 53.2 Å². The van der Waals surface area contributed by atoms with E-state index in [4.69, 9.17) is 9.63 Å². The molecule has 0 aliphatic heterocycles. The monoisotopic (exact) mass is 369 g/mol. The molecule has 1 unspecified atom stereocenters. The predicted molar refractivity (Wildman–Crippen MR) is 102 cm³/mol. The van der Waals surface area contributed by atoms with Crippen LogP contribution in [0.1, 0.15) is 5.76 Å². The number of aliphatic hydroxyl groups is 2. The van der Waals surface area contributed by atoms with E-state index in [0.717, 1.165) is 11.3 Å². The average molecular weight is 369 g/mol. The number of rotatable bonds is 8. The van der Waals surface area contributed by atoms with Gasteiger partial charge in [-0.1, -0.05) is 35.5 Å². The molecule has 3 aromatic rings. The molecule has 1 atom stereocenters. The lowest BCUT2D eigenvalue weighted by Crippen LogP contribution is -2.32. The van der Waals surface area contributed by atoms with Crippen molar-refractivity contribution in [3.8, 4) is 11.3 Å². The van der Waals surface area contributed by atoms with Crippen molar-refractivity contribution >= 4 is 11.8 Å². The second kappa shape index (κ2) is 8.61. The highest BCUT2D eigenvalue weighted by Crippen LogP contribution is 2.20. The van der Waals surface area contributed by atoms with E-state index in [2.05, 4.69) is 15.1 Å². The topological polar surface area (TPSA) is 98.8 Å². The molecule has 0 aliphatic rings. The maximum absolute atomic E-state index is 9.59. The third kappa shape index (κ3) is 4.81. The molecule has 0 aliphatic carbocycles. The number of hydrogen-bond donors (Lipinski definition) is 2. The quantitative estimate of drug-likeness (QED) is 0.617. The Bertz CT molecular complexity index is 855. The maximum atomic E-state index is 9.59. The summed E-state index contributed by atoms with van der Waals surface area (Å²) in [7, 11) is 3.67. The summed E-state index contributed by atoms with van der Waals surface area (Å²) in [5.41, 5.74) is 1.78. The van der Waals surface area contributed by atoms with Gasteiger partial charge in [-0.15, -0.1) is 0 Å². The Morgan fingerprint density at radius 2 is 1.89 bits per heavy atom. The highest BCUT2D eigenvalue weighted by molar-refractivity contribution is 5.58. The van der Waals surface area contributed by atoms with Crippen molar-refractivity contribution in [3.63, 3.8) is 0 Å². The number of aromatic nitrogens is 3. The van der Waals surface area contributed by atoms with E-state index in [-0.39, 0.29) is 13.2 Å². The molecular formula is C19H23N5O3. The van der Waals surface area contributed by atoms with Crippen molar-refractivity contribution in [3.05, 3.63) is 54.4 Å². The van der Waals surface area contributed by atoms with Crippen LogP contribution in [0.4, 0.5) is 11.8 Å². The molecule has 0 amide bonds. The minimum absolute atomic E-state index is 0.277. The largest absolute Gasteiger partial charge is 0.394 e. The molecule has 0 bridgehead atoms. The Morgan fingerprint density at radius 1 is 1.11 bits per heavy atom. The van der Waals surface area contributed by atoms with E-state index in [1.54, 1.807) is 24.2 Å². The maximum Gasteiger partial charge on any atom is 0.227 e. The zero-order valence-electron chi connectivity index (χ0n) is 15.4. The number of aliphatic hydroxyl groups excluding tert-OH is 2. The van der Waals surface area contributed by atoms with Crippen LogP contribution in [0.3, 0.4) is 0 Å². The lowest BCUT2D eigenvalue weighted by atomic mass is 10.1. The Balaban J connectivity index is 1.69. The van der Waals surface area contributed by atoms with Crippen molar-refractivity contribution in [2.75, 3.05) is 37.0 Å². The molecule has 0 saturated carbocycles. The van der Waals surface area contributed by atoms with E-state index >= 15 is 0 Å². The third-order valence-corrected chi connectivity index (χ3v) is 4.08. The van der Waals surface area contributed by atoms with Crippen molar-refractivity contribution in [2.45, 2.75) is 12.6 Å². The van der Waals surface area contributed by atoms with Crippen molar-refractivity contribution < 1.29 is 14.7 Å². The van der Waals surface area contributed by atoms with Crippen LogP contribution in [0, 0.1) is 0 Å². The summed E-state index contributed by atoms with van der Waals surface area (Å²) in [5.74, 6) is 1.88. The van der Waals surface area contributed by atoms with E-state index in [9.17, 15) is 5.11 Å². The highest BCUT2D eigenvalue weighted by Gasteiger charge is 2.14. The van der Waals surface area contributed by atoms with Crippen molar-refractivity contribution in [1.82, 2.24) is 15.1 Å². The highest BCUT2D eigenvalue weighted by atomic mass is 16.5. The van der Waals surface area contributed by atoms with Gasteiger partial charge in [-0.05, 0) is 6.07 Å². The fraction of sp³-hybridized carbons (Fsp3) is 0.316. The minimum atomic E-state index is -0.822. The van der Waals surface area contributed by atoms with Crippen LogP contribution in [0.25, 0.3) is 11.3 Å². The Morgan fingerprint density at radius 3 is 2.63 bits per heavy atom. The van der Waals surface area contributed by atoms with Crippen LogP contribution in [-0.4, -0.2) is 58.7 Å². The summed E-state index contributed by atoms with van der Waals surface area (Å²) in [6, 6.07) is 13.5. The first-order chi connectivity index (χ1) is 13.1. The van der Waals surface area contributed by atoms with Crippen molar-refractivity contribution in [2.24, 2.45) is 0 Å². The second-order valence-corrected chi connectivity index (χ2v) is 6.33. The zero-order chi connectivity index (χ0) is 19.2. The first kappa shape index (κ1) is 18.8. The number of anilines is 2. The number of nitrogens with zero attached hydrogens (tertiary/aromatic N) is 5. The molecule has 3 rings (SSSR count). The molecular weight excluding hydrogens is 346 g/mol. The summed E-state index contributed by atoms with van der Waals surface area (Å²) in [5, 5.41) is 22.7. The lowest BCUT2D eigenvalue weighted by molar-refractivity contribution is 0.101. The fourth-order valence-electron chi connectivity index (χ4n) is 2.64. The summed E-state index contributed by atoms with van der Waals surface area (Å²) in [6.07, 6.45) is 0.836. The van der Waals surface area contributed by atoms with Gasteiger partial charge in [-0.2, -0.15) is 4.98 Å². The zero-order valence-corrected chi connectivity index (χ0v) is 15.4. The van der Waals surface area contributed by atoms with E-state index in [1.165, 1.54) is 0 Å². The van der Waals surface area contributed by atoms with Gasteiger partial charge >= 0.3 is 0 Å². The molecule has 8 nitrogen and oxygen atoms in total. The number of hydrogen-bond acceptors (Lipinski definition) is 8. The van der Waals surface area contributed by atoms with Gasteiger partial charge in [0.05, 0.1) is 19.3 Å². The van der Waals surface area contributed by atoms with Gasteiger partial charge in [0, 0.05) is 38.5 Å². The number of benzene rings is 1. The van der Waals surface area contributed by atoms with E-state index in [0.29, 0.717) is 24.1 Å². The fourth-order valence-corrected chi connectivity index (χ4v) is 2.64. The first-order valence-electron chi connectivity index (χ1n) is 8.62. The molecule has 2 N–H and O–H groups in total. The molecule has 8 heteroatoms. The van der Waals surface area contributed by atoms with Gasteiger partial charge in [0.25, 0.3) is 0 Å². The van der Waals surface area contributed by atoms with E-state index in [1.807, 2.05) is 48.3 Å². The van der Waals surface area contributed by atoms with E-state index < -0.39 is 6.10 Å². The molecule has 2 heterocycles. The van der Waals surface area contributed by atoms with Crippen LogP contribution in [-0.2, 0) is 6.54 Å². The normalized spacial score (nSPS) is 12.0. The van der Waals surface area contributed by atoms with Crippen LogP contribution in [0.5, 0.6) is 0 Å². The van der Waals surface area contributed by atoms with Gasteiger partial charge in [-0.3, -0.25) is 0 Å². The lowest BCUT2D eigenvalue weighted by Gasteiger charge is -2.22. The van der Waals surface area contributed by atoms with Gasteiger partial charge in [0.2, 0.25) is 5.95 Å². The van der Waals surface area contributed by atoms with Crippen LogP contribution in [0.2, 0.25) is 0 Å². The predicted octanol–water partition coefficient (Wildman–Crippen LogP) is 1.56. The molecule has 1 aromatic carbocycles. The van der Waals surface area contributed by atoms with Gasteiger partial charge in [0.1, 0.15) is 11.5 Å². The van der Waals surface area contributed by atoms with Gasteiger partial charge in [-0.25, -0.2) is 4.98 Å². The molecule has 0 spiro atoms. The first-order valence-corrected chi connectivity index (χ1v) is 8.62. The Hall–Kier alpha value is -2.97. The smallest absolute Gasteiger partial charge is 0.227 e. The molecule has 0 radical (unpaired) electrons. The molecule has 142 valence electrons. The van der Waals surface area contributed by atoms with Gasteiger partial charge < -0.3 is 24.5 Å². The van der Waals surface area contributed by atoms with Crippen LogP contribution < -0.4 is 9.80 Å².